The number of fused-ring (bicyclic) bond motifs is 1. The fourth-order valence-corrected chi connectivity index (χ4v) is 3.05. The maximum atomic E-state index is 13.3. The summed E-state index contributed by atoms with van der Waals surface area (Å²) in [5, 5.41) is 2.96. The van der Waals surface area contributed by atoms with Gasteiger partial charge in [-0.1, -0.05) is 6.07 Å². The van der Waals surface area contributed by atoms with E-state index in [1.807, 2.05) is 0 Å². The number of nitrogens with one attached hydrogen (secondary N) is 1. The number of carbonyl (C=O) groups excluding carboxylic acids is 2. The van der Waals surface area contributed by atoms with Crippen LogP contribution in [0.1, 0.15) is 33.9 Å². The zero-order chi connectivity index (χ0) is 18.7. The molecule has 136 valence electrons. The summed E-state index contributed by atoms with van der Waals surface area (Å²) in [6.07, 6.45) is 1.45. The lowest BCUT2D eigenvalue weighted by atomic mass is 10.1. The van der Waals surface area contributed by atoms with Gasteiger partial charge in [-0.2, -0.15) is 0 Å². The second kappa shape index (κ2) is 7.43. The predicted octanol–water partition coefficient (Wildman–Crippen LogP) is 2.12. The van der Waals surface area contributed by atoms with E-state index < -0.39 is 5.91 Å². The first-order valence-electron chi connectivity index (χ1n) is 8.16. The molecule has 1 aliphatic rings. The van der Waals surface area contributed by atoms with Crippen LogP contribution in [0.25, 0.3) is 0 Å². The molecular formula is C19H19FN2O4. The van der Waals surface area contributed by atoms with Gasteiger partial charge in [0.15, 0.2) is 18.1 Å². The number of primary amides is 1. The number of carbonyl (C=O) groups is 2. The molecule has 3 N–H and O–H groups in total. The van der Waals surface area contributed by atoms with Crippen molar-refractivity contribution in [1.82, 2.24) is 5.32 Å². The number of halogens is 1. The highest BCUT2D eigenvalue weighted by Gasteiger charge is 2.25. The number of amides is 2. The van der Waals surface area contributed by atoms with Crippen LogP contribution in [0.2, 0.25) is 0 Å². The predicted molar refractivity (Wildman–Crippen MR) is 92.6 cm³/mol. The SMILES string of the molecule is COc1cc(C(=O)NC2CCc3cc(F)ccc32)ccc1OCC(N)=O. The van der Waals surface area contributed by atoms with Gasteiger partial charge in [0.1, 0.15) is 5.82 Å². The smallest absolute Gasteiger partial charge is 0.255 e. The van der Waals surface area contributed by atoms with E-state index in [2.05, 4.69) is 5.32 Å². The minimum Gasteiger partial charge on any atom is -0.493 e. The van der Waals surface area contributed by atoms with Gasteiger partial charge in [0.25, 0.3) is 11.8 Å². The number of ether oxygens (including phenoxy) is 2. The molecule has 0 fully saturated rings. The molecule has 6 nitrogen and oxygen atoms in total. The third kappa shape index (κ3) is 3.77. The van der Waals surface area contributed by atoms with Crippen LogP contribution >= 0.6 is 0 Å². The Morgan fingerprint density at radius 2 is 2.04 bits per heavy atom. The lowest BCUT2D eigenvalue weighted by molar-refractivity contribution is -0.119. The van der Waals surface area contributed by atoms with Crippen molar-refractivity contribution >= 4 is 11.8 Å². The summed E-state index contributed by atoms with van der Waals surface area (Å²) in [6, 6.07) is 9.13. The molecule has 0 aromatic heterocycles. The van der Waals surface area contributed by atoms with E-state index in [9.17, 15) is 14.0 Å². The van der Waals surface area contributed by atoms with Crippen molar-refractivity contribution in [2.24, 2.45) is 5.73 Å². The van der Waals surface area contributed by atoms with Crippen molar-refractivity contribution in [2.75, 3.05) is 13.7 Å². The number of hydrogen-bond acceptors (Lipinski definition) is 4. The van der Waals surface area contributed by atoms with Crippen molar-refractivity contribution in [3.05, 3.63) is 58.9 Å². The number of aryl methyl sites for hydroxylation is 1. The Kier molecular flexibility index (Phi) is 5.06. The summed E-state index contributed by atoms with van der Waals surface area (Å²) in [5.74, 6) is -0.499. The molecule has 0 radical (unpaired) electrons. The van der Waals surface area contributed by atoms with Crippen LogP contribution in [0.4, 0.5) is 4.39 Å². The Morgan fingerprint density at radius 1 is 1.23 bits per heavy atom. The molecule has 0 saturated carbocycles. The van der Waals surface area contributed by atoms with Crippen LogP contribution in [0.15, 0.2) is 36.4 Å². The fourth-order valence-electron chi connectivity index (χ4n) is 3.05. The molecule has 26 heavy (non-hydrogen) atoms. The molecule has 1 unspecified atom stereocenters. The summed E-state index contributed by atoms with van der Waals surface area (Å²) in [5.41, 5.74) is 7.31. The van der Waals surface area contributed by atoms with E-state index >= 15 is 0 Å². The average molecular weight is 358 g/mol. The van der Waals surface area contributed by atoms with Gasteiger partial charge in [0.05, 0.1) is 13.2 Å². The van der Waals surface area contributed by atoms with Crippen LogP contribution < -0.4 is 20.5 Å². The van der Waals surface area contributed by atoms with E-state index in [-0.39, 0.29) is 24.4 Å². The van der Waals surface area contributed by atoms with Crippen LogP contribution in [0.3, 0.4) is 0 Å². The first-order chi connectivity index (χ1) is 12.5. The van der Waals surface area contributed by atoms with Gasteiger partial charge in [-0.15, -0.1) is 0 Å². The first-order valence-corrected chi connectivity index (χ1v) is 8.16. The highest BCUT2D eigenvalue weighted by atomic mass is 19.1. The molecule has 2 amide bonds. The molecular weight excluding hydrogens is 339 g/mol. The Hall–Kier alpha value is -3.09. The summed E-state index contributed by atoms with van der Waals surface area (Å²) >= 11 is 0. The second-order valence-corrected chi connectivity index (χ2v) is 6.03. The minimum absolute atomic E-state index is 0.158. The van der Waals surface area contributed by atoms with Crippen LogP contribution in [-0.2, 0) is 11.2 Å². The van der Waals surface area contributed by atoms with Gasteiger partial charge in [-0.25, -0.2) is 4.39 Å². The molecule has 1 atom stereocenters. The summed E-state index contributed by atoms with van der Waals surface area (Å²) in [7, 11) is 1.44. The Bertz CT molecular complexity index is 853. The fraction of sp³-hybridized carbons (Fsp3) is 0.263. The van der Waals surface area contributed by atoms with Gasteiger partial charge in [0.2, 0.25) is 0 Å². The zero-order valence-corrected chi connectivity index (χ0v) is 14.3. The third-order valence-electron chi connectivity index (χ3n) is 4.28. The largest absolute Gasteiger partial charge is 0.493 e. The third-order valence-corrected chi connectivity index (χ3v) is 4.28. The Balaban J connectivity index is 1.74. The lowest BCUT2D eigenvalue weighted by Gasteiger charge is -2.15. The Morgan fingerprint density at radius 3 is 2.77 bits per heavy atom. The topological polar surface area (TPSA) is 90.7 Å². The molecule has 0 spiro atoms. The zero-order valence-electron chi connectivity index (χ0n) is 14.3. The van der Waals surface area contributed by atoms with Crippen molar-refractivity contribution in [3.8, 4) is 11.5 Å². The van der Waals surface area contributed by atoms with E-state index in [4.69, 9.17) is 15.2 Å². The van der Waals surface area contributed by atoms with Crippen molar-refractivity contribution in [3.63, 3.8) is 0 Å². The highest BCUT2D eigenvalue weighted by Crippen LogP contribution is 2.32. The van der Waals surface area contributed by atoms with Gasteiger partial charge in [-0.05, 0) is 54.3 Å². The van der Waals surface area contributed by atoms with Gasteiger partial charge in [-0.3, -0.25) is 9.59 Å². The van der Waals surface area contributed by atoms with E-state index in [0.717, 1.165) is 24.0 Å². The molecule has 0 saturated heterocycles. The van der Waals surface area contributed by atoms with E-state index in [1.54, 1.807) is 18.2 Å². The van der Waals surface area contributed by atoms with Gasteiger partial charge in [0, 0.05) is 5.56 Å². The number of nitrogens with two attached hydrogens (primary N) is 1. The minimum atomic E-state index is -0.606. The van der Waals surface area contributed by atoms with Crippen molar-refractivity contribution in [1.29, 1.82) is 0 Å². The number of methoxy groups -OCH3 is 1. The summed E-state index contributed by atoms with van der Waals surface area (Å²) < 4.78 is 23.8. The van der Waals surface area contributed by atoms with Crippen LogP contribution in [0.5, 0.6) is 11.5 Å². The maximum Gasteiger partial charge on any atom is 0.255 e. The van der Waals surface area contributed by atoms with Crippen LogP contribution in [0, 0.1) is 5.82 Å². The Labute approximate surface area is 150 Å². The molecule has 0 bridgehead atoms. The highest BCUT2D eigenvalue weighted by molar-refractivity contribution is 5.95. The molecule has 0 heterocycles. The number of benzene rings is 2. The standard InChI is InChI=1S/C19H19FN2O4/c1-25-17-9-12(3-7-16(17)26-10-18(21)23)19(24)22-15-6-2-11-8-13(20)4-5-14(11)15/h3-5,7-9,15H,2,6,10H2,1H3,(H2,21,23)(H,22,24). The molecule has 1 aliphatic carbocycles. The van der Waals surface area contributed by atoms with E-state index in [1.165, 1.54) is 25.3 Å². The lowest BCUT2D eigenvalue weighted by Crippen LogP contribution is -2.27. The maximum absolute atomic E-state index is 13.3. The molecule has 2 aromatic rings. The number of rotatable bonds is 6. The van der Waals surface area contributed by atoms with Gasteiger partial charge >= 0.3 is 0 Å². The molecule has 0 aliphatic heterocycles. The molecule has 2 aromatic carbocycles. The monoisotopic (exact) mass is 358 g/mol. The number of hydrogen-bond donors (Lipinski definition) is 2. The quantitative estimate of drug-likeness (QED) is 0.827. The first kappa shape index (κ1) is 17.7. The van der Waals surface area contributed by atoms with E-state index in [0.29, 0.717) is 17.1 Å². The van der Waals surface area contributed by atoms with Gasteiger partial charge < -0.3 is 20.5 Å². The van der Waals surface area contributed by atoms with Crippen molar-refractivity contribution in [2.45, 2.75) is 18.9 Å². The van der Waals surface area contributed by atoms with Crippen molar-refractivity contribution < 1.29 is 23.5 Å². The molecule has 7 heteroatoms. The normalized spacial score (nSPS) is 15.2. The molecule has 3 rings (SSSR count). The summed E-state index contributed by atoms with van der Waals surface area (Å²) in [6.45, 7) is -0.280. The second-order valence-electron chi connectivity index (χ2n) is 6.03. The average Bonchev–Trinajstić information content (AvgIpc) is 3.01. The summed E-state index contributed by atoms with van der Waals surface area (Å²) in [4.78, 5) is 23.4. The van der Waals surface area contributed by atoms with Crippen LogP contribution in [-0.4, -0.2) is 25.5 Å².